The van der Waals surface area contributed by atoms with E-state index in [9.17, 15) is 4.79 Å². The summed E-state index contributed by atoms with van der Waals surface area (Å²) in [6.45, 7) is 3.02. The fourth-order valence-electron chi connectivity index (χ4n) is 2.85. The maximum absolute atomic E-state index is 12.7. The Morgan fingerprint density at radius 1 is 1.15 bits per heavy atom. The molecule has 0 aliphatic carbocycles. The van der Waals surface area contributed by atoms with Gasteiger partial charge in [-0.15, -0.1) is 11.3 Å². The number of rotatable bonds is 4. The molecule has 2 aromatic heterocycles. The molecule has 0 atom stereocenters. The van der Waals surface area contributed by atoms with Gasteiger partial charge in [0.25, 0.3) is 5.91 Å². The molecule has 0 unspecified atom stereocenters. The van der Waals surface area contributed by atoms with Crippen molar-refractivity contribution in [2.24, 2.45) is 0 Å². The summed E-state index contributed by atoms with van der Waals surface area (Å²) in [5, 5.41) is 5.55. The van der Waals surface area contributed by atoms with Gasteiger partial charge >= 0.3 is 0 Å². The predicted molar refractivity (Wildman–Crippen MR) is 103 cm³/mol. The molecule has 0 spiro atoms. The predicted octanol–water partition coefficient (Wildman–Crippen LogP) is 3.29. The minimum Gasteiger partial charge on any atom is -0.378 e. The number of anilines is 2. The Balaban J connectivity index is 1.53. The molecule has 132 valence electrons. The number of ether oxygens (including phenoxy) is 1. The van der Waals surface area contributed by atoms with Gasteiger partial charge < -0.3 is 15.0 Å². The van der Waals surface area contributed by atoms with Gasteiger partial charge in [0.2, 0.25) is 0 Å². The molecule has 1 aliphatic heterocycles. The Kier molecular flexibility index (Phi) is 4.90. The van der Waals surface area contributed by atoms with Crippen molar-refractivity contribution < 1.29 is 9.53 Å². The van der Waals surface area contributed by atoms with Crippen LogP contribution in [-0.2, 0) is 4.74 Å². The van der Waals surface area contributed by atoms with E-state index in [-0.39, 0.29) is 5.91 Å². The second kappa shape index (κ2) is 7.63. The smallest absolute Gasteiger partial charge is 0.275 e. The molecule has 1 aliphatic rings. The van der Waals surface area contributed by atoms with Gasteiger partial charge in [-0.05, 0) is 24.3 Å². The molecule has 3 aromatic rings. The molecule has 3 heterocycles. The molecule has 1 amide bonds. The molecule has 0 bridgehead atoms. The number of pyridine rings is 1. The summed E-state index contributed by atoms with van der Waals surface area (Å²) in [6.07, 6.45) is 3.46. The lowest BCUT2D eigenvalue weighted by molar-refractivity contribution is 0.102. The number of hydrogen-bond acceptors (Lipinski definition) is 6. The standard InChI is InChI=1S/C19H18N4O2S/c24-18(16-13-26-19(22-16)14-4-3-7-20-12-14)21-15-5-1-2-6-17(15)23-8-10-25-11-9-23/h1-7,12-13H,8-11H2,(H,21,24). The second-order valence-corrected chi connectivity index (χ2v) is 6.71. The number of carbonyl (C=O) groups is 1. The lowest BCUT2D eigenvalue weighted by Gasteiger charge is -2.30. The van der Waals surface area contributed by atoms with Gasteiger partial charge in [0.05, 0.1) is 24.6 Å². The summed E-state index contributed by atoms with van der Waals surface area (Å²) in [6, 6.07) is 11.6. The van der Waals surface area contributed by atoms with E-state index < -0.39 is 0 Å². The number of nitrogens with one attached hydrogen (secondary N) is 1. The zero-order chi connectivity index (χ0) is 17.8. The highest BCUT2D eigenvalue weighted by Crippen LogP contribution is 2.28. The second-order valence-electron chi connectivity index (χ2n) is 5.85. The number of aromatic nitrogens is 2. The van der Waals surface area contributed by atoms with Gasteiger partial charge in [-0.2, -0.15) is 0 Å². The molecule has 1 N–H and O–H groups in total. The van der Waals surface area contributed by atoms with Crippen LogP contribution in [0, 0.1) is 0 Å². The molecule has 1 aromatic carbocycles. The molecule has 0 radical (unpaired) electrons. The van der Waals surface area contributed by atoms with Crippen LogP contribution in [0.5, 0.6) is 0 Å². The summed E-state index contributed by atoms with van der Waals surface area (Å²) in [4.78, 5) is 23.4. The lowest BCUT2D eigenvalue weighted by Crippen LogP contribution is -2.36. The topological polar surface area (TPSA) is 67.4 Å². The number of nitrogens with zero attached hydrogens (tertiary/aromatic N) is 3. The average molecular weight is 366 g/mol. The van der Waals surface area contributed by atoms with E-state index in [1.165, 1.54) is 11.3 Å². The van der Waals surface area contributed by atoms with Crippen molar-refractivity contribution >= 4 is 28.6 Å². The van der Waals surface area contributed by atoms with E-state index in [1.54, 1.807) is 17.8 Å². The number of benzene rings is 1. The monoisotopic (exact) mass is 366 g/mol. The molecule has 0 saturated carbocycles. The van der Waals surface area contributed by atoms with Crippen LogP contribution in [-0.4, -0.2) is 42.2 Å². The van der Waals surface area contributed by atoms with E-state index in [2.05, 4.69) is 20.2 Å². The highest BCUT2D eigenvalue weighted by molar-refractivity contribution is 7.13. The molecule has 6 nitrogen and oxygen atoms in total. The maximum Gasteiger partial charge on any atom is 0.275 e. The number of amides is 1. The highest BCUT2D eigenvalue weighted by atomic mass is 32.1. The van der Waals surface area contributed by atoms with Gasteiger partial charge in [-0.25, -0.2) is 4.98 Å². The molecule has 4 rings (SSSR count). The third-order valence-electron chi connectivity index (χ3n) is 4.15. The highest BCUT2D eigenvalue weighted by Gasteiger charge is 2.17. The zero-order valence-electron chi connectivity index (χ0n) is 14.1. The third kappa shape index (κ3) is 3.58. The minimum absolute atomic E-state index is 0.211. The van der Waals surface area contributed by atoms with Gasteiger partial charge in [-0.1, -0.05) is 12.1 Å². The summed E-state index contributed by atoms with van der Waals surface area (Å²) >= 11 is 1.43. The van der Waals surface area contributed by atoms with E-state index in [0.717, 1.165) is 35.0 Å². The summed E-state index contributed by atoms with van der Waals surface area (Å²) in [5.41, 5.74) is 3.11. The van der Waals surface area contributed by atoms with Crippen LogP contribution in [0.15, 0.2) is 54.2 Å². The van der Waals surface area contributed by atoms with Crippen LogP contribution >= 0.6 is 11.3 Å². The van der Waals surface area contributed by atoms with Gasteiger partial charge in [0.15, 0.2) is 0 Å². The quantitative estimate of drug-likeness (QED) is 0.767. The molecule has 7 heteroatoms. The Bertz CT molecular complexity index is 891. The van der Waals surface area contributed by atoms with E-state index >= 15 is 0 Å². The van der Waals surface area contributed by atoms with Crippen LogP contribution in [0.1, 0.15) is 10.5 Å². The Morgan fingerprint density at radius 2 is 2.00 bits per heavy atom. The van der Waals surface area contributed by atoms with E-state index in [0.29, 0.717) is 18.9 Å². The average Bonchev–Trinajstić information content (AvgIpc) is 3.20. The van der Waals surface area contributed by atoms with Gasteiger partial charge in [-0.3, -0.25) is 9.78 Å². The molecule has 1 saturated heterocycles. The molecule has 1 fully saturated rings. The summed E-state index contributed by atoms with van der Waals surface area (Å²) < 4.78 is 5.41. The first-order chi connectivity index (χ1) is 12.8. The summed E-state index contributed by atoms with van der Waals surface area (Å²) in [7, 11) is 0. The maximum atomic E-state index is 12.7. The zero-order valence-corrected chi connectivity index (χ0v) is 14.9. The van der Waals surface area contributed by atoms with Crippen LogP contribution < -0.4 is 10.2 Å². The van der Waals surface area contributed by atoms with Gasteiger partial charge in [0, 0.05) is 36.4 Å². The van der Waals surface area contributed by atoms with E-state index in [4.69, 9.17) is 4.74 Å². The van der Waals surface area contributed by atoms with Crippen molar-refractivity contribution in [3.8, 4) is 10.6 Å². The largest absolute Gasteiger partial charge is 0.378 e. The SMILES string of the molecule is O=C(Nc1ccccc1N1CCOCC1)c1csc(-c2cccnc2)n1. The van der Waals surface area contributed by atoms with Crippen molar-refractivity contribution in [3.05, 3.63) is 59.9 Å². The van der Waals surface area contributed by atoms with Crippen LogP contribution in [0.2, 0.25) is 0 Å². The van der Waals surface area contributed by atoms with Crippen molar-refractivity contribution in [1.29, 1.82) is 0 Å². The van der Waals surface area contributed by atoms with Crippen molar-refractivity contribution in [3.63, 3.8) is 0 Å². The van der Waals surface area contributed by atoms with Crippen LogP contribution in [0.3, 0.4) is 0 Å². The van der Waals surface area contributed by atoms with Crippen molar-refractivity contribution in [1.82, 2.24) is 9.97 Å². The number of hydrogen-bond donors (Lipinski definition) is 1. The van der Waals surface area contributed by atoms with E-state index in [1.807, 2.05) is 36.4 Å². The first kappa shape index (κ1) is 16.7. The number of thiazole rings is 1. The molecule has 26 heavy (non-hydrogen) atoms. The fourth-order valence-corrected chi connectivity index (χ4v) is 3.64. The Hall–Kier alpha value is -2.77. The van der Waals surface area contributed by atoms with Crippen LogP contribution in [0.25, 0.3) is 10.6 Å². The summed E-state index contributed by atoms with van der Waals surface area (Å²) in [5.74, 6) is -0.211. The third-order valence-corrected chi connectivity index (χ3v) is 5.04. The first-order valence-corrected chi connectivity index (χ1v) is 9.28. The Morgan fingerprint density at radius 3 is 2.81 bits per heavy atom. The van der Waals surface area contributed by atoms with Crippen molar-refractivity contribution in [2.75, 3.05) is 36.5 Å². The number of morpholine rings is 1. The fraction of sp³-hybridized carbons (Fsp3) is 0.211. The lowest BCUT2D eigenvalue weighted by atomic mass is 10.2. The first-order valence-electron chi connectivity index (χ1n) is 8.40. The Labute approximate surface area is 155 Å². The number of carbonyl (C=O) groups excluding carboxylic acids is 1. The van der Waals surface area contributed by atoms with Gasteiger partial charge in [0.1, 0.15) is 10.7 Å². The van der Waals surface area contributed by atoms with Crippen LogP contribution in [0.4, 0.5) is 11.4 Å². The normalized spacial score (nSPS) is 14.2. The minimum atomic E-state index is -0.211. The van der Waals surface area contributed by atoms with Crippen molar-refractivity contribution in [2.45, 2.75) is 0 Å². The molecular weight excluding hydrogens is 348 g/mol. The number of para-hydroxylation sites is 2. The molecular formula is C19H18N4O2S.